The quantitative estimate of drug-likeness (QED) is 0.287. The van der Waals surface area contributed by atoms with Crippen molar-refractivity contribution in [1.29, 1.82) is 0 Å². The lowest BCUT2D eigenvalue weighted by molar-refractivity contribution is 0.804. The minimum Gasteiger partial charge on any atom is -0.355 e. The van der Waals surface area contributed by atoms with Gasteiger partial charge in [0.1, 0.15) is 0 Å². The molecule has 5 nitrogen and oxygen atoms in total. The summed E-state index contributed by atoms with van der Waals surface area (Å²) in [7, 11) is 1.68. The average Bonchev–Trinajstić information content (AvgIpc) is 2.59. The van der Waals surface area contributed by atoms with Gasteiger partial charge in [-0.3, -0.25) is 10.4 Å². The predicted molar refractivity (Wildman–Crippen MR) is 59.2 cm³/mol. The van der Waals surface area contributed by atoms with E-state index in [1.165, 1.54) is 0 Å². The van der Waals surface area contributed by atoms with E-state index in [1.54, 1.807) is 18.4 Å². The molecule has 4 N–H and O–H groups in total. The van der Waals surface area contributed by atoms with E-state index >= 15 is 0 Å². The molecule has 0 spiro atoms. The lowest BCUT2D eigenvalue weighted by Gasteiger charge is -2.06. The smallest absolute Gasteiger partial charge is 0.205 e. The van der Waals surface area contributed by atoms with Gasteiger partial charge in [0.05, 0.1) is 10.7 Å². The molecule has 1 rings (SSSR count). The van der Waals surface area contributed by atoms with Crippen LogP contribution in [0.4, 0.5) is 0 Å². The van der Waals surface area contributed by atoms with E-state index in [0.717, 1.165) is 23.7 Å². The first-order chi connectivity index (χ1) is 6.76. The Morgan fingerprint density at radius 1 is 1.71 bits per heavy atom. The van der Waals surface area contributed by atoms with E-state index in [1.807, 2.05) is 6.92 Å². The van der Waals surface area contributed by atoms with Gasteiger partial charge in [-0.1, -0.05) is 0 Å². The number of hydrazine groups is 1. The van der Waals surface area contributed by atoms with Crippen molar-refractivity contribution in [1.82, 2.24) is 15.7 Å². The van der Waals surface area contributed by atoms with Crippen molar-refractivity contribution in [3.8, 4) is 0 Å². The van der Waals surface area contributed by atoms with Crippen LogP contribution in [0, 0.1) is 6.92 Å². The number of nitrogens with two attached hydrogens (primary N) is 1. The number of nitrogens with zero attached hydrogens (tertiary/aromatic N) is 2. The number of rotatable bonds is 3. The number of aromatic nitrogens is 1. The van der Waals surface area contributed by atoms with Crippen LogP contribution in [0.25, 0.3) is 0 Å². The number of hydrogen-bond donors (Lipinski definition) is 3. The molecule has 0 aliphatic heterocycles. The van der Waals surface area contributed by atoms with Crippen LogP contribution in [0.1, 0.15) is 10.7 Å². The van der Waals surface area contributed by atoms with Gasteiger partial charge in [-0.05, 0) is 6.92 Å². The summed E-state index contributed by atoms with van der Waals surface area (Å²) in [5.41, 5.74) is 3.57. The van der Waals surface area contributed by atoms with Crippen LogP contribution in [0.2, 0.25) is 0 Å². The van der Waals surface area contributed by atoms with Crippen molar-refractivity contribution in [3.05, 3.63) is 16.1 Å². The summed E-state index contributed by atoms with van der Waals surface area (Å²) in [6.07, 6.45) is 0.880. The molecule has 0 bridgehead atoms. The molecule has 0 radical (unpaired) electrons. The molecule has 0 saturated carbocycles. The van der Waals surface area contributed by atoms with Crippen LogP contribution in [-0.2, 0) is 6.42 Å². The topological polar surface area (TPSA) is 75.3 Å². The fourth-order valence-corrected chi connectivity index (χ4v) is 1.67. The van der Waals surface area contributed by atoms with E-state index in [0.29, 0.717) is 5.96 Å². The van der Waals surface area contributed by atoms with Gasteiger partial charge in [-0.15, -0.1) is 11.3 Å². The zero-order valence-electron chi connectivity index (χ0n) is 8.37. The largest absolute Gasteiger partial charge is 0.355 e. The second kappa shape index (κ2) is 5.56. The number of thiazole rings is 1. The molecule has 0 aromatic carbocycles. The number of aryl methyl sites for hydroxylation is 1. The first-order valence-electron chi connectivity index (χ1n) is 4.34. The molecule has 0 aliphatic rings. The summed E-state index contributed by atoms with van der Waals surface area (Å²) >= 11 is 1.67. The van der Waals surface area contributed by atoms with Gasteiger partial charge >= 0.3 is 0 Å². The maximum Gasteiger partial charge on any atom is 0.205 e. The summed E-state index contributed by atoms with van der Waals surface area (Å²) in [5.74, 6) is 5.80. The fraction of sp³-hybridized carbons (Fsp3) is 0.500. The summed E-state index contributed by atoms with van der Waals surface area (Å²) in [4.78, 5) is 8.24. The number of hydrogen-bond acceptors (Lipinski definition) is 4. The highest BCUT2D eigenvalue weighted by molar-refractivity contribution is 7.09. The highest BCUT2D eigenvalue weighted by atomic mass is 32.1. The Bertz CT molecular complexity index is 306. The Morgan fingerprint density at radius 2 is 2.50 bits per heavy atom. The van der Waals surface area contributed by atoms with Gasteiger partial charge in [0, 0.05) is 25.4 Å². The highest BCUT2D eigenvalue weighted by Gasteiger charge is 1.98. The summed E-state index contributed by atoms with van der Waals surface area (Å²) < 4.78 is 0. The standard InChI is InChI=1S/C8H15N5S/c1-6-12-7(5-14-6)3-4-11-8(10-2)13-9/h5H,3-4,9H2,1-2H3,(H2,10,11,13). The van der Waals surface area contributed by atoms with Crippen LogP contribution in [0.15, 0.2) is 10.4 Å². The molecule has 0 atom stereocenters. The highest BCUT2D eigenvalue weighted by Crippen LogP contribution is 2.07. The molecular weight excluding hydrogens is 198 g/mol. The van der Waals surface area contributed by atoms with Gasteiger partial charge < -0.3 is 5.32 Å². The molecule has 0 unspecified atom stereocenters. The van der Waals surface area contributed by atoms with Gasteiger partial charge in [0.25, 0.3) is 0 Å². The Balaban J connectivity index is 2.28. The van der Waals surface area contributed by atoms with E-state index in [4.69, 9.17) is 5.84 Å². The fourth-order valence-electron chi connectivity index (χ4n) is 1.03. The van der Waals surface area contributed by atoms with Crippen molar-refractivity contribution in [2.45, 2.75) is 13.3 Å². The minimum absolute atomic E-state index is 0.594. The van der Waals surface area contributed by atoms with Crippen molar-refractivity contribution in [3.63, 3.8) is 0 Å². The first kappa shape index (κ1) is 10.9. The molecule has 0 fully saturated rings. The van der Waals surface area contributed by atoms with Crippen LogP contribution >= 0.6 is 11.3 Å². The lowest BCUT2D eigenvalue weighted by atomic mass is 10.3. The van der Waals surface area contributed by atoms with Crippen LogP contribution in [0.5, 0.6) is 0 Å². The zero-order chi connectivity index (χ0) is 10.4. The van der Waals surface area contributed by atoms with Crippen molar-refractivity contribution in [2.75, 3.05) is 13.6 Å². The molecule has 0 saturated heterocycles. The van der Waals surface area contributed by atoms with E-state index < -0.39 is 0 Å². The monoisotopic (exact) mass is 213 g/mol. The van der Waals surface area contributed by atoms with E-state index in [2.05, 4.69) is 26.1 Å². The maximum absolute atomic E-state index is 5.21. The van der Waals surface area contributed by atoms with Crippen molar-refractivity contribution >= 4 is 17.3 Å². The Labute approximate surface area is 87.4 Å². The third-order valence-electron chi connectivity index (χ3n) is 1.70. The molecule has 0 aliphatic carbocycles. The molecular formula is C8H15N5S. The molecule has 14 heavy (non-hydrogen) atoms. The second-order valence-corrected chi connectivity index (χ2v) is 3.81. The Kier molecular flexibility index (Phi) is 4.34. The number of aliphatic imine (C=N–C) groups is 1. The predicted octanol–water partition coefficient (Wildman–Crippen LogP) is 0.0327. The van der Waals surface area contributed by atoms with E-state index in [9.17, 15) is 0 Å². The van der Waals surface area contributed by atoms with Crippen LogP contribution in [0.3, 0.4) is 0 Å². The Hall–Kier alpha value is -1.14. The van der Waals surface area contributed by atoms with Crippen molar-refractivity contribution < 1.29 is 0 Å². The first-order valence-corrected chi connectivity index (χ1v) is 5.22. The SMILES string of the molecule is CN=C(NN)NCCc1csc(C)n1. The van der Waals surface area contributed by atoms with Gasteiger partial charge in [0.15, 0.2) is 0 Å². The number of nitrogens with one attached hydrogen (secondary N) is 2. The molecule has 78 valence electrons. The van der Waals surface area contributed by atoms with Gasteiger partial charge in [-0.25, -0.2) is 10.8 Å². The third kappa shape index (κ3) is 3.31. The lowest BCUT2D eigenvalue weighted by Crippen LogP contribution is -2.42. The summed E-state index contributed by atoms with van der Waals surface area (Å²) in [6, 6.07) is 0. The average molecular weight is 213 g/mol. The summed E-state index contributed by atoms with van der Waals surface area (Å²) in [5, 5.41) is 6.22. The zero-order valence-corrected chi connectivity index (χ0v) is 9.19. The van der Waals surface area contributed by atoms with Gasteiger partial charge in [-0.2, -0.15) is 0 Å². The molecule has 6 heteroatoms. The number of guanidine groups is 1. The summed E-state index contributed by atoms with van der Waals surface area (Å²) in [6.45, 7) is 2.78. The van der Waals surface area contributed by atoms with Crippen LogP contribution in [-0.4, -0.2) is 24.5 Å². The molecule has 1 aromatic rings. The Morgan fingerprint density at radius 3 is 3.00 bits per heavy atom. The van der Waals surface area contributed by atoms with Crippen LogP contribution < -0.4 is 16.6 Å². The molecule has 0 amide bonds. The van der Waals surface area contributed by atoms with Crippen molar-refractivity contribution in [2.24, 2.45) is 10.8 Å². The van der Waals surface area contributed by atoms with E-state index in [-0.39, 0.29) is 0 Å². The third-order valence-corrected chi connectivity index (χ3v) is 2.52. The molecule has 1 aromatic heterocycles. The van der Waals surface area contributed by atoms with Gasteiger partial charge in [0.2, 0.25) is 5.96 Å². The minimum atomic E-state index is 0.594. The second-order valence-electron chi connectivity index (χ2n) is 2.75. The molecule has 1 heterocycles. The normalized spacial score (nSPS) is 11.5. The maximum atomic E-state index is 5.21.